The molecule has 4 N–H and O–H groups in total. The van der Waals surface area contributed by atoms with Gasteiger partial charge in [0.1, 0.15) is 34.8 Å². The highest BCUT2D eigenvalue weighted by Gasteiger charge is 2.32. The maximum Gasteiger partial charge on any atom is 0.293 e. The van der Waals surface area contributed by atoms with Crippen molar-refractivity contribution >= 4 is 40.0 Å². The molecule has 0 aromatic carbocycles. The first-order chi connectivity index (χ1) is 11.9. The van der Waals surface area contributed by atoms with Crippen molar-refractivity contribution in [3.05, 3.63) is 45.7 Å². The number of fused-ring (bicyclic) bond motifs is 2. The van der Waals surface area contributed by atoms with E-state index in [4.69, 9.17) is 11.6 Å². The Bertz CT molecular complexity index is 1070. The molecule has 0 spiro atoms. The molecule has 25 heavy (non-hydrogen) atoms. The molecule has 9 nitrogen and oxygen atoms in total. The molecule has 3 aromatic heterocycles. The van der Waals surface area contributed by atoms with Gasteiger partial charge in [0.2, 0.25) is 0 Å². The highest BCUT2D eigenvalue weighted by molar-refractivity contribution is 6.34. The molecule has 1 aliphatic rings. The fraction of sp³-hybridized carbons (Fsp3) is 0.200. The Morgan fingerprint density at radius 3 is 2.88 bits per heavy atom. The van der Waals surface area contributed by atoms with Crippen molar-refractivity contribution in [3.63, 3.8) is 0 Å². The minimum Gasteiger partial charge on any atom is -0.346 e. The third-order valence-electron chi connectivity index (χ3n) is 3.79. The molecule has 0 bridgehead atoms. The number of hydrogen-bond acceptors (Lipinski definition) is 6. The predicted octanol–water partition coefficient (Wildman–Crippen LogP) is 1.54. The van der Waals surface area contributed by atoms with Crippen LogP contribution in [0.1, 0.15) is 24.3 Å². The second kappa shape index (κ2) is 5.21. The Morgan fingerprint density at radius 1 is 1.28 bits per heavy atom. The van der Waals surface area contributed by atoms with Gasteiger partial charge in [-0.1, -0.05) is 11.6 Å². The molecule has 0 saturated carbocycles. The van der Waals surface area contributed by atoms with E-state index in [1.54, 1.807) is 26.1 Å². The maximum atomic E-state index is 12.8. The van der Waals surface area contributed by atoms with Gasteiger partial charge in [-0.3, -0.25) is 15.0 Å². The molecule has 4 heterocycles. The number of carbonyl (C=O) groups excluding carboxylic acids is 1. The zero-order valence-electron chi connectivity index (χ0n) is 13.3. The average molecular weight is 360 g/mol. The van der Waals surface area contributed by atoms with E-state index in [9.17, 15) is 9.59 Å². The molecule has 10 heteroatoms. The summed E-state index contributed by atoms with van der Waals surface area (Å²) in [5.41, 5.74) is 2.60. The van der Waals surface area contributed by atoms with E-state index < -0.39 is 17.1 Å². The van der Waals surface area contributed by atoms with Gasteiger partial charge in [0, 0.05) is 6.20 Å². The molecule has 0 radical (unpaired) electrons. The maximum absolute atomic E-state index is 12.8. The lowest BCUT2D eigenvalue weighted by Gasteiger charge is -2.35. The third-order valence-corrected chi connectivity index (χ3v) is 4.08. The first kappa shape index (κ1) is 15.5. The summed E-state index contributed by atoms with van der Waals surface area (Å²) in [5.74, 6) is 0.0342. The van der Waals surface area contributed by atoms with Gasteiger partial charge in [0.25, 0.3) is 11.5 Å². The summed E-state index contributed by atoms with van der Waals surface area (Å²) in [4.78, 5) is 36.3. The monoisotopic (exact) mass is 359 g/mol. The summed E-state index contributed by atoms with van der Waals surface area (Å²) in [6.45, 7) is 3.48. The van der Waals surface area contributed by atoms with Crippen LogP contribution >= 0.6 is 11.6 Å². The van der Waals surface area contributed by atoms with Gasteiger partial charge in [-0.15, -0.1) is 0 Å². The van der Waals surface area contributed by atoms with E-state index >= 15 is 0 Å². The van der Waals surface area contributed by atoms with Crippen LogP contribution in [0, 0.1) is 0 Å². The van der Waals surface area contributed by atoms with E-state index in [2.05, 4.69) is 31.0 Å². The third kappa shape index (κ3) is 2.49. The van der Waals surface area contributed by atoms with Gasteiger partial charge >= 0.3 is 0 Å². The van der Waals surface area contributed by atoms with E-state index in [1.807, 2.05) is 0 Å². The average Bonchev–Trinajstić information content (AvgIpc) is 3.00. The molecule has 0 atom stereocenters. The van der Waals surface area contributed by atoms with Crippen LogP contribution in [-0.2, 0) is 0 Å². The van der Waals surface area contributed by atoms with Gasteiger partial charge in [-0.25, -0.2) is 14.6 Å². The van der Waals surface area contributed by atoms with E-state index in [-0.39, 0.29) is 16.4 Å². The number of carbonyl (C=O) groups is 1. The minimum atomic E-state index is -0.793. The van der Waals surface area contributed by atoms with E-state index in [0.717, 1.165) is 10.1 Å². The number of nitrogens with zero attached hydrogens (tertiary/aromatic N) is 3. The molecular formula is C15H14ClN7O2. The molecule has 0 fully saturated rings. The van der Waals surface area contributed by atoms with Gasteiger partial charge in [-0.05, 0) is 26.0 Å². The van der Waals surface area contributed by atoms with Crippen molar-refractivity contribution in [2.75, 3.05) is 10.7 Å². The SMILES string of the molecule is CC1(C)NC(=O)c2c(Cl)cc(Nc3ncnc4[nH]ccc34)c(=O)n2N1. The second-order valence-electron chi connectivity index (χ2n) is 6.17. The Morgan fingerprint density at radius 2 is 2.08 bits per heavy atom. The number of aromatic nitrogens is 4. The van der Waals surface area contributed by atoms with Crippen LogP contribution in [0.3, 0.4) is 0 Å². The Hall–Kier alpha value is -3.07. The molecule has 128 valence electrons. The van der Waals surface area contributed by atoms with Crippen LogP contribution in [0.4, 0.5) is 11.5 Å². The number of hydrogen-bond donors (Lipinski definition) is 4. The number of pyridine rings is 1. The minimum absolute atomic E-state index is 0.0611. The lowest BCUT2D eigenvalue weighted by molar-refractivity contribution is 0.0885. The number of aromatic amines is 1. The molecule has 1 aliphatic heterocycles. The fourth-order valence-corrected chi connectivity index (χ4v) is 3.02. The summed E-state index contributed by atoms with van der Waals surface area (Å²) in [6.07, 6.45) is 3.11. The Balaban J connectivity index is 1.85. The first-order valence-electron chi connectivity index (χ1n) is 7.47. The van der Waals surface area contributed by atoms with Crippen molar-refractivity contribution in [2.45, 2.75) is 19.5 Å². The van der Waals surface area contributed by atoms with Crippen LogP contribution in [0.2, 0.25) is 5.02 Å². The van der Waals surface area contributed by atoms with Crippen LogP contribution in [0.15, 0.2) is 29.5 Å². The predicted molar refractivity (Wildman–Crippen MR) is 93.8 cm³/mol. The summed E-state index contributed by atoms with van der Waals surface area (Å²) in [5, 5.41) is 6.57. The van der Waals surface area contributed by atoms with Crippen LogP contribution in [0.25, 0.3) is 11.0 Å². The van der Waals surface area contributed by atoms with Crippen LogP contribution in [0.5, 0.6) is 0 Å². The number of anilines is 2. The smallest absolute Gasteiger partial charge is 0.293 e. The number of H-pyrrole nitrogens is 1. The number of nitrogens with one attached hydrogen (secondary N) is 4. The standard InChI is InChI=1S/C15H14ClN7O2/c1-15(2)21-13(24)10-8(16)5-9(14(25)23(10)22-15)20-12-7-3-4-17-11(7)18-6-19-12/h3-6,22H,1-2H3,(H,21,24)(H2,17,18,19,20). The molecular weight excluding hydrogens is 346 g/mol. The molecule has 4 rings (SSSR count). The molecule has 0 unspecified atom stereocenters. The lowest BCUT2D eigenvalue weighted by atomic mass is 10.2. The molecule has 0 saturated heterocycles. The normalized spacial score (nSPS) is 15.4. The summed E-state index contributed by atoms with van der Waals surface area (Å²) < 4.78 is 1.15. The Labute approximate surface area is 146 Å². The van der Waals surface area contributed by atoms with Crippen molar-refractivity contribution in [1.82, 2.24) is 24.9 Å². The largest absolute Gasteiger partial charge is 0.346 e. The Kier molecular flexibility index (Phi) is 3.22. The summed E-state index contributed by atoms with van der Waals surface area (Å²) in [6, 6.07) is 3.21. The molecule has 3 aromatic rings. The van der Waals surface area contributed by atoms with Gasteiger partial charge in [0.05, 0.1) is 10.4 Å². The highest BCUT2D eigenvalue weighted by Crippen LogP contribution is 2.25. The first-order valence-corrected chi connectivity index (χ1v) is 7.85. The van der Waals surface area contributed by atoms with Crippen molar-refractivity contribution in [2.24, 2.45) is 0 Å². The number of amides is 1. The van der Waals surface area contributed by atoms with Crippen molar-refractivity contribution < 1.29 is 4.79 Å². The van der Waals surface area contributed by atoms with E-state index in [1.165, 1.54) is 12.4 Å². The number of halogens is 1. The second-order valence-corrected chi connectivity index (χ2v) is 6.58. The quantitative estimate of drug-likeness (QED) is 0.551. The summed E-state index contributed by atoms with van der Waals surface area (Å²) >= 11 is 6.23. The van der Waals surface area contributed by atoms with Gasteiger partial charge < -0.3 is 15.6 Å². The van der Waals surface area contributed by atoms with Crippen molar-refractivity contribution in [1.29, 1.82) is 0 Å². The van der Waals surface area contributed by atoms with E-state index in [0.29, 0.717) is 11.5 Å². The fourth-order valence-electron chi connectivity index (χ4n) is 2.74. The topological polar surface area (TPSA) is 117 Å². The van der Waals surface area contributed by atoms with Gasteiger partial charge in [-0.2, -0.15) is 0 Å². The zero-order chi connectivity index (χ0) is 17.8. The molecule has 0 aliphatic carbocycles. The molecule has 1 amide bonds. The van der Waals surface area contributed by atoms with Crippen LogP contribution in [-0.4, -0.2) is 31.2 Å². The van der Waals surface area contributed by atoms with Gasteiger partial charge in [0.15, 0.2) is 0 Å². The lowest BCUT2D eigenvalue weighted by Crippen LogP contribution is -2.60. The zero-order valence-corrected chi connectivity index (χ0v) is 14.1. The summed E-state index contributed by atoms with van der Waals surface area (Å²) in [7, 11) is 0. The van der Waals surface area contributed by atoms with Crippen LogP contribution < -0.4 is 21.6 Å². The number of rotatable bonds is 2. The van der Waals surface area contributed by atoms with Crippen molar-refractivity contribution in [3.8, 4) is 0 Å². The highest BCUT2D eigenvalue weighted by atomic mass is 35.5.